The minimum atomic E-state index is -3.19. The number of hydrogen-bond acceptors (Lipinski definition) is 5. The molecule has 2 atom stereocenters. The van der Waals surface area contributed by atoms with Gasteiger partial charge in [0.2, 0.25) is 15.8 Å². The van der Waals surface area contributed by atoms with E-state index < -0.39 is 15.6 Å². The summed E-state index contributed by atoms with van der Waals surface area (Å²) in [5.41, 5.74) is -0.417. The lowest BCUT2D eigenvalue weighted by Crippen LogP contribution is -2.43. The third-order valence-electron chi connectivity index (χ3n) is 3.75. The second-order valence-corrected chi connectivity index (χ2v) is 7.29. The Balaban J connectivity index is 1.71. The number of amides is 1. The first-order valence-electron chi connectivity index (χ1n) is 5.93. The molecule has 1 saturated carbocycles. The first-order chi connectivity index (χ1) is 8.80. The van der Waals surface area contributed by atoms with Crippen molar-refractivity contribution in [3.05, 3.63) is 12.2 Å². The highest BCUT2D eigenvalue weighted by atomic mass is 32.2. The van der Waals surface area contributed by atoms with E-state index in [1.807, 2.05) is 0 Å². The molecule has 1 N–H and O–H groups in total. The first-order valence-corrected chi connectivity index (χ1v) is 7.78. The summed E-state index contributed by atoms with van der Waals surface area (Å²) in [5.74, 6) is -0.0336. The van der Waals surface area contributed by atoms with Crippen LogP contribution >= 0.6 is 0 Å². The molecule has 1 aliphatic carbocycles. The van der Waals surface area contributed by atoms with Crippen molar-refractivity contribution in [2.24, 2.45) is 13.0 Å². The minimum Gasteiger partial charge on any atom is -0.342 e. The van der Waals surface area contributed by atoms with Gasteiger partial charge in [-0.05, 0) is 12.3 Å². The number of rotatable bonds is 3. The molecule has 0 spiro atoms. The molecule has 1 saturated heterocycles. The molecule has 1 amide bonds. The smallest absolute Gasteiger partial charge is 0.291 e. The predicted octanol–water partition coefficient (Wildman–Crippen LogP) is -1.42. The lowest BCUT2D eigenvalue weighted by Gasteiger charge is -2.19. The van der Waals surface area contributed by atoms with Crippen molar-refractivity contribution in [3.8, 4) is 0 Å². The summed E-state index contributed by atoms with van der Waals surface area (Å²) >= 11 is 0. The summed E-state index contributed by atoms with van der Waals surface area (Å²) in [6.45, 7) is 0.823. The minimum absolute atomic E-state index is 0.111. The quantitative estimate of drug-likeness (QED) is 0.735. The highest BCUT2D eigenvalue weighted by Gasteiger charge is 2.62. The van der Waals surface area contributed by atoms with Crippen LogP contribution in [0.5, 0.6) is 0 Å². The predicted molar refractivity (Wildman–Crippen MR) is 65.7 cm³/mol. The Morgan fingerprint density at radius 2 is 2.32 bits per heavy atom. The number of sulfonamides is 1. The molecule has 0 radical (unpaired) electrons. The van der Waals surface area contributed by atoms with E-state index in [1.54, 1.807) is 7.05 Å². The van der Waals surface area contributed by atoms with Gasteiger partial charge < -0.3 is 5.32 Å². The van der Waals surface area contributed by atoms with Crippen LogP contribution in [0.25, 0.3) is 0 Å². The second kappa shape index (κ2) is 3.76. The fourth-order valence-electron chi connectivity index (χ4n) is 2.61. The van der Waals surface area contributed by atoms with Crippen molar-refractivity contribution in [3.63, 3.8) is 0 Å². The zero-order valence-electron chi connectivity index (χ0n) is 10.7. The van der Waals surface area contributed by atoms with Crippen molar-refractivity contribution in [2.45, 2.75) is 12.0 Å². The number of aromatic nitrogens is 3. The Labute approximate surface area is 110 Å². The molecule has 0 bridgehead atoms. The van der Waals surface area contributed by atoms with Gasteiger partial charge in [-0.15, -0.1) is 5.10 Å². The van der Waals surface area contributed by atoms with Crippen LogP contribution in [0.1, 0.15) is 17.0 Å². The second-order valence-electron chi connectivity index (χ2n) is 5.31. The van der Waals surface area contributed by atoms with Crippen LogP contribution in [0.15, 0.2) is 6.33 Å². The molecule has 19 heavy (non-hydrogen) atoms. The standard InChI is InChI=1S/C10H15N5O3S/c1-14-6-11-8(13-14)9(16)12-10-3-7(10)4-15(5-10)19(2,17)18/h6-7H,3-5H2,1-2H3,(H,12,16)/t7?,10-/m0/s1. The number of aryl methyl sites for hydroxylation is 1. The fraction of sp³-hybridized carbons (Fsp3) is 0.700. The van der Waals surface area contributed by atoms with Crippen LogP contribution in [0.2, 0.25) is 0 Å². The number of fused-ring (bicyclic) bond motifs is 1. The SMILES string of the molecule is Cn1cnc(C(=O)N[C@]23CC2CN(S(C)(=O)=O)C3)n1. The summed E-state index contributed by atoms with van der Waals surface area (Å²) in [6, 6.07) is 0. The molecule has 2 aliphatic rings. The van der Waals surface area contributed by atoms with Crippen LogP contribution in [-0.2, 0) is 17.1 Å². The van der Waals surface area contributed by atoms with E-state index in [0.717, 1.165) is 6.42 Å². The molecule has 3 rings (SSSR count). The van der Waals surface area contributed by atoms with Crippen molar-refractivity contribution in [1.82, 2.24) is 24.4 Å². The molecule has 1 aromatic heterocycles. The third kappa shape index (κ3) is 2.12. The van der Waals surface area contributed by atoms with Crippen LogP contribution < -0.4 is 5.32 Å². The van der Waals surface area contributed by atoms with Crippen LogP contribution in [0.3, 0.4) is 0 Å². The van der Waals surface area contributed by atoms with Crippen molar-refractivity contribution in [1.29, 1.82) is 0 Å². The third-order valence-corrected chi connectivity index (χ3v) is 4.96. The maximum Gasteiger partial charge on any atom is 0.291 e. The molecule has 2 heterocycles. The first kappa shape index (κ1) is 12.5. The summed E-state index contributed by atoms with van der Waals surface area (Å²) in [6.07, 6.45) is 3.46. The van der Waals surface area contributed by atoms with E-state index in [-0.39, 0.29) is 17.6 Å². The maximum atomic E-state index is 12.0. The number of nitrogens with one attached hydrogen (secondary N) is 1. The van der Waals surface area contributed by atoms with E-state index in [2.05, 4.69) is 15.4 Å². The highest BCUT2D eigenvalue weighted by Crippen LogP contribution is 2.50. The monoisotopic (exact) mass is 285 g/mol. The Bertz CT molecular complexity index is 639. The molecular weight excluding hydrogens is 270 g/mol. The van der Waals surface area contributed by atoms with Gasteiger partial charge >= 0.3 is 0 Å². The lowest BCUT2D eigenvalue weighted by molar-refractivity contribution is 0.0919. The van der Waals surface area contributed by atoms with Gasteiger partial charge in [0.1, 0.15) is 6.33 Å². The fourth-order valence-corrected chi connectivity index (χ4v) is 3.52. The maximum absolute atomic E-state index is 12.0. The summed E-state index contributed by atoms with van der Waals surface area (Å²) in [4.78, 5) is 15.9. The molecule has 0 aromatic carbocycles. The van der Waals surface area contributed by atoms with E-state index in [1.165, 1.54) is 21.6 Å². The molecule has 104 valence electrons. The summed E-state index contributed by atoms with van der Waals surface area (Å²) < 4.78 is 25.8. The van der Waals surface area contributed by atoms with Gasteiger partial charge in [-0.2, -0.15) is 4.31 Å². The molecule has 8 nitrogen and oxygen atoms in total. The van der Waals surface area contributed by atoms with E-state index in [4.69, 9.17) is 0 Å². The average molecular weight is 285 g/mol. The number of carbonyl (C=O) groups is 1. The van der Waals surface area contributed by atoms with Crippen molar-refractivity contribution >= 4 is 15.9 Å². The van der Waals surface area contributed by atoms with Gasteiger partial charge in [0.25, 0.3) is 5.91 Å². The van der Waals surface area contributed by atoms with Crippen LogP contribution in [0.4, 0.5) is 0 Å². The molecule has 1 unspecified atom stereocenters. The number of hydrogen-bond donors (Lipinski definition) is 1. The van der Waals surface area contributed by atoms with Gasteiger partial charge in [0.05, 0.1) is 11.8 Å². The number of piperidine rings is 1. The normalized spacial score (nSPS) is 30.1. The topological polar surface area (TPSA) is 97.2 Å². The van der Waals surface area contributed by atoms with Gasteiger partial charge in [-0.3, -0.25) is 9.48 Å². The Hall–Kier alpha value is -1.48. The van der Waals surface area contributed by atoms with Crippen molar-refractivity contribution < 1.29 is 13.2 Å². The van der Waals surface area contributed by atoms with Gasteiger partial charge in [-0.1, -0.05) is 0 Å². The van der Waals surface area contributed by atoms with E-state index in [0.29, 0.717) is 13.1 Å². The lowest BCUT2D eigenvalue weighted by atomic mass is 10.2. The zero-order valence-corrected chi connectivity index (χ0v) is 11.5. The summed E-state index contributed by atoms with van der Waals surface area (Å²) in [7, 11) is -1.51. The Morgan fingerprint density at radius 3 is 2.84 bits per heavy atom. The molecule has 1 aromatic rings. The number of nitrogens with zero attached hydrogens (tertiary/aromatic N) is 4. The summed E-state index contributed by atoms with van der Waals surface area (Å²) in [5, 5.41) is 6.81. The zero-order chi connectivity index (χ0) is 13.8. The van der Waals surface area contributed by atoms with E-state index in [9.17, 15) is 13.2 Å². The molecular formula is C10H15N5O3S. The number of carbonyl (C=O) groups excluding carboxylic acids is 1. The Kier molecular flexibility index (Phi) is 2.49. The van der Waals surface area contributed by atoms with E-state index >= 15 is 0 Å². The van der Waals surface area contributed by atoms with Gasteiger partial charge in [0.15, 0.2) is 0 Å². The largest absolute Gasteiger partial charge is 0.342 e. The highest BCUT2D eigenvalue weighted by molar-refractivity contribution is 7.88. The molecule has 2 fully saturated rings. The molecule has 9 heteroatoms. The van der Waals surface area contributed by atoms with Crippen LogP contribution in [-0.4, -0.2) is 58.3 Å². The van der Waals surface area contributed by atoms with Crippen LogP contribution in [0, 0.1) is 5.92 Å². The van der Waals surface area contributed by atoms with Gasteiger partial charge in [0, 0.05) is 20.1 Å². The van der Waals surface area contributed by atoms with Gasteiger partial charge in [-0.25, -0.2) is 13.4 Å². The van der Waals surface area contributed by atoms with Crippen molar-refractivity contribution in [2.75, 3.05) is 19.3 Å². The Morgan fingerprint density at radius 1 is 1.58 bits per heavy atom. The molecule has 1 aliphatic heterocycles. The average Bonchev–Trinajstić information content (AvgIpc) is 2.69.